The van der Waals surface area contributed by atoms with E-state index in [9.17, 15) is 14.8 Å². The standard InChI is InChI=1S/C43H55NO4/c1-38(2)33-18-21-43(7)36(41(33,5)20-19-34(38)44-47)32(45)26-30-31-27-40(4,23-22-39(31,3)24-25-42(30,43)6)37(46)48-35(28-14-10-8-11-15-28)29-16-12-9-13-17-29/h8-17,26,31,33,35-36,47H,18-25,27H2,1-7H3/t31-,33?,36+,39+,40-,41-,42+,43+/m0/s1. The average molecular weight is 650 g/mol. The second-order valence-corrected chi connectivity index (χ2v) is 18.1. The number of esters is 1. The van der Waals surface area contributed by atoms with Crippen molar-refractivity contribution in [1.82, 2.24) is 0 Å². The molecule has 5 aliphatic carbocycles. The fourth-order valence-corrected chi connectivity index (χ4v) is 12.2. The Labute approximate surface area is 287 Å². The molecule has 0 amide bonds. The molecule has 5 nitrogen and oxygen atoms in total. The van der Waals surface area contributed by atoms with Crippen LogP contribution in [0.15, 0.2) is 77.5 Å². The molecule has 5 aliphatic rings. The van der Waals surface area contributed by atoms with Gasteiger partial charge in [0, 0.05) is 11.3 Å². The first-order chi connectivity index (χ1) is 22.6. The lowest BCUT2D eigenvalue weighted by Crippen LogP contribution is -2.66. The van der Waals surface area contributed by atoms with Crippen molar-refractivity contribution < 1.29 is 19.5 Å². The van der Waals surface area contributed by atoms with Gasteiger partial charge in [0.25, 0.3) is 0 Å². The van der Waals surface area contributed by atoms with Gasteiger partial charge in [-0.1, -0.05) is 113 Å². The van der Waals surface area contributed by atoms with Gasteiger partial charge in [0.1, 0.15) is 0 Å². The van der Waals surface area contributed by atoms with Gasteiger partial charge in [-0.25, -0.2) is 0 Å². The number of allylic oxidation sites excluding steroid dienone is 2. The Bertz CT molecular complexity index is 1620. The number of hydrogen-bond acceptors (Lipinski definition) is 5. The summed E-state index contributed by atoms with van der Waals surface area (Å²) < 4.78 is 6.52. The van der Waals surface area contributed by atoms with Gasteiger partial charge in [0.15, 0.2) is 11.9 Å². The molecule has 4 fully saturated rings. The van der Waals surface area contributed by atoms with E-state index in [1.54, 1.807) is 0 Å². The predicted octanol–water partition coefficient (Wildman–Crippen LogP) is 10.1. The molecule has 0 radical (unpaired) electrons. The van der Waals surface area contributed by atoms with Crippen LogP contribution in [0.25, 0.3) is 0 Å². The number of carbonyl (C=O) groups excluding carboxylic acids is 2. The fraction of sp³-hybridized carbons (Fsp3) is 0.605. The molecule has 8 atom stereocenters. The molecule has 0 saturated heterocycles. The molecule has 5 heteroatoms. The van der Waals surface area contributed by atoms with Gasteiger partial charge in [-0.15, -0.1) is 0 Å². The van der Waals surface area contributed by atoms with E-state index in [-0.39, 0.29) is 56.6 Å². The Kier molecular flexibility index (Phi) is 7.74. The van der Waals surface area contributed by atoms with E-state index < -0.39 is 11.5 Å². The Hall–Kier alpha value is -3.21. The van der Waals surface area contributed by atoms with E-state index in [0.717, 1.165) is 68.2 Å². The van der Waals surface area contributed by atoms with Gasteiger partial charge < -0.3 is 9.94 Å². The maximum absolute atomic E-state index is 14.7. The third-order valence-electron chi connectivity index (χ3n) is 15.4. The van der Waals surface area contributed by atoms with E-state index in [1.807, 2.05) is 60.7 Å². The van der Waals surface area contributed by atoms with Crippen LogP contribution in [0, 0.1) is 50.2 Å². The zero-order chi connectivity index (χ0) is 34.3. The van der Waals surface area contributed by atoms with Crippen molar-refractivity contribution in [2.24, 2.45) is 55.4 Å². The van der Waals surface area contributed by atoms with Gasteiger partial charge in [0.2, 0.25) is 0 Å². The molecule has 0 aromatic heterocycles. The Balaban J connectivity index is 1.23. The maximum atomic E-state index is 14.7. The second kappa shape index (κ2) is 11.2. The number of ketones is 1. The Morgan fingerprint density at radius 2 is 1.44 bits per heavy atom. The molecular weight excluding hydrogens is 594 g/mol. The third kappa shape index (κ3) is 4.65. The Morgan fingerprint density at radius 3 is 2.04 bits per heavy atom. The normalized spacial score (nSPS) is 41.0. The zero-order valence-corrected chi connectivity index (χ0v) is 30.1. The fourth-order valence-electron chi connectivity index (χ4n) is 12.2. The molecule has 2 aromatic carbocycles. The van der Waals surface area contributed by atoms with Gasteiger partial charge in [0.05, 0.1) is 11.1 Å². The summed E-state index contributed by atoms with van der Waals surface area (Å²) in [7, 11) is 0. The maximum Gasteiger partial charge on any atom is 0.312 e. The zero-order valence-electron chi connectivity index (χ0n) is 30.1. The van der Waals surface area contributed by atoms with Crippen LogP contribution in [-0.2, 0) is 14.3 Å². The van der Waals surface area contributed by atoms with Crippen LogP contribution in [-0.4, -0.2) is 22.7 Å². The topological polar surface area (TPSA) is 76.0 Å². The van der Waals surface area contributed by atoms with Crippen LogP contribution >= 0.6 is 0 Å². The van der Waals surface area contributed by atoms with Crippen LogP contribution in [0.3, 0.4) is 0 Å². The van der Waals surface area contributed by atoms with Gasteiger partial charge in [-0.3, -0.25) is 9.59 Å². The second-order valence-electron chi connectivity index (χ2n) is 18.1. The van der Waals surface area contributed by atoms with Crippen molar-refractivity contribution in [3.63, 3.8) is 0 Å². The summed E-state index contributed by atoms with van der Waals surface area (Å²) in [6.07, 6.45) is 9.86. The molecule has 1 N–H and O–H groups in total. The molecule has 48 heavy (non-hydrogen) atoms. The van der Waals surface area contributed by atoms with E-state index in [0.29, 0.717) is 6.42 Å². The highest BCUT2D eigenvalue weighted by Gasteiger charge is 2.70. The monoisotopic (exact) mass is 649 g/mol. The minimum atomic E-state index is -0.650. The first-order valence-electron chi connectivity index (χ1n) is 18.4. The molecule has 4 saturated carbocycles. The average Bonchev–Trinajstić information content (AvgIpc) is 3.06. The number of hydrogen-bond donors (Lipinski definition) is 1. The highest BCUT2D eigenvalue weighted by Crippen LogP contribution is 2.75. The van der Waals surface area contributed by atoms with Gasteiger partial charge >= 0.3 is 5.97 Å². The van der Waals surface area contributed by atoms with Gasteiger partial charge in [-0.2, -0.15) is 0 Å². The van der Waals surface area contributed by atoms with Crippen LogP contribution in [0.5, 0.6) is 0 Å². The number of carbonyl (C=O) groups is 2. The number of rotatable bonds is 4. The van der Waals surface area contributed by atoms with E-state index in [1.165, 1.54) is 5.57 Å². The number of oxime groups is 1. The summed E-state index contributed by atoms with van der Waals surface area (Å²) in [5.74, 6) is 0.510. The molecular formula is C43H55NO4. The first-order valence-corrected chi connectivity index (χ1v) is 18.4. The van der Waals surface area contributed by atoms with E-state index in [2.05, 4.69) is 59.7 Å². The summed E-state index contributed by atoms with van der Waals surface area (Å²) in [6.45, 7) is 16.2. The SMILES string of the molecule is CC1(C)C(=NO)CC[C@@]2(C)C1CC[C@]1(C)[C@@H]2C(=O)C=C2[C@@H]3C[C@@](C)(C(=O)OC(c4ccccc4)c4ccccc4)CC[C@]3(C)CC[C@]21C. The predicted molar refractivity (Wildman–Crippen MR) is 189 cm³/mol. The molecule has 2 aromatic rings. The molecule has 0 heterocycles. The largest absolute Gasteiger partial charge is 0.452 e. The van der Waals surface area contributed by atoms with Crippen molar-refractivity contribution >= 4 is 17.5 Å². The summed E-state index contributed by atoms with van der Waals surface area (Å²) in [6, 6.07) is 20.1. The van der Waals surface area contributed by atoms with Crippen LogP contribution in [0.4, 0.5) is 0 Å². The van der Waals surface area contributed by atoms with Crippen molar-refractivity contribution in [1.29, 1.82) is 0 Å². The van der Waals surface area contributed by atoms with E-state index >= 15 is 0 Å². The molecule has 1 unspecified atom stereocenters. The number of ether oxygens (including phenoxy) is 1. The third-order valence-corrected chi connectivity index (χ3v) is 15.4. The lowest BCUT2D eigenvalue weighted by Gasteiger charge is -2.70. The molecule has 0 spiro atoms. The minimum absolute atomic E-state index is 0.0489. The molecule has 7 rings (SSSR count). The highest BCUT2D eigenvalue weighted by molar-refractivity contribution is 5.97. The molecule has 0 bridgehead atoms. The molecule has 256 valence electrons. The number of nitrogens with zero attached hydrogens (tertiary/aromatic N) is 1. The summed E-state index contributed by atoms with van der Waals surface area (Å²) in [5, 5.41) is 13.6. The van der Waals surface area contributed by atoms with Crippen LogP contribution < -0.4 is 0 Å². The summed E-state index contributed by atoms with van der Waals surface area (Å²) in [5.41, 5.74) is 2.81. The van der Waals surface area contributed by atoms with Gasteiger partial charge in [-0.05, 0) is 115 Å². The number of benzene rings is 2. The molecule has 0 aliphatic heterocycles. The minimum Gasteiger partial charge on any atom is -0.452 e. The van der Waals surface area contributed by atoms with Crippen LogP contribution in [0.2, 0.25) is 0 Å². The van der Waals surface area contributed by atoms with Crippen molar-refractivity contribution in [3.8, 4) is 0 Å². The van der Waals surface area contributed by atoms with Crippen molar-refractivity contribution in [2.75, 3.05) is 0 Å². The summed E-state index contributed by atoms with van der Waals surface area (Å²) in [4.78, 5) is 29.2. The lowest BCUT2D eigenvalue weighted by molar-refractivity contribution is -0.178. The Morgan fingerprint density at radius 1 is 0.833 bits per heavy atom. The highest BCUT2D eigenvalue weighted by atomic mass is 16.5. The lowest BCUT2D eigenvalue weighted by atomic mass is 9.33. The smallest absolute Gasteiger partial charge is 0.312 e. The van der Waals surface area contributed by atoms with Crippen molar-refractivity contribution in [2.45, 2.75) is 112 Å². The van der Waals surface area contributed by atoms with Crippen molar-refractivity contribution in [3.05, 3.63) is 83.4 Å². The number of fused-ring (bicyclic) bond motifs is 7. The first kappa shape index (κ1) is 33.3. The van der Waals surface area contributed by atoms with Crippen LogP contribution in [0.1, 0.15) is 123 Å². The van der Waals surface area contributed by atoms with E-state index in [4.69, 9.17) is 4.74 Å². The quantitative estimate of drug-likeness (QED) is 0.203. The summed E-state index contributed by atoms with van der Waals surface area (Å²) >= 11 is 0.